The van der Waals surface area contributed by atoms with E-state index in [9.17, 15) is 9.90 Å². The van der Waals surface area contributed by atoms with Crippen LogP contribution in [0, 0.1) is 5.92 Å². The molecular weight excluding hydrogens is 264 g/mol. The Kier molecular flexibility index (Phi) is 5.76. The summed E-state index contributed by atoms with van der Waals surface area (Å²) in [6, 6.07) is 1.56. The number of hydrogen-bond acceptors (Lipinski definition) is 3. The van der Waals surface area contributed by atoms with E-state index in [1.54, 1.807) is 13.0 Å². The number of aliphatic hydroxyl groups is 1. The van der Waals surface area contributed by atoms with Gasteiger partial charge in [0, 0.05) is 18.9 Å². The number of nitrogens with zero attached hydrogens (tertiary/aromatic N) is 1. The van der Waals surface area contributed by atoms with Crippen molar-refractivity contribution in [2.24, 2.45) is 5.92 Å². The Morgan fingerprint density at radius 2 is 2.26 bits per heavy atom. The summed E-state index contributed by atoms with van der Waals surface area (Å²) in [7, 11) is 0. The first-order chi connectivity index (χ1) is 8.82. The molecule has 106 valence electrons. The Balaban J connectivity index is 2.52. The molecule has 1 amide bonds. The van der Waals surface area contributed by atoms with Gasteiger partial charge >= 0.3 is 0 Å². The van der Waals surface area contributed by atoms with Crippen LogP contribution in [0.4, 0.5) is 0 Å². The number of hydrogen-bond donors (Lipinski definition) is 2. The van der Waals surface area contributed by atoms with Gasteiger partial charge < -0.3 is 10.4 Å². The van der Waals surface area contributed by atoms with E-state index in [0.717, 1.165) is 6.42 Å². The number of nitrogens with one attached hydrogen (secondary N) is 1. The van der Waals surface area contributed by atoms with E-state index in [0.29, 0.717) is 22.9 Å². The highest BCUT2D eigenvalue weighted by Gasteiger charge is 2.22. The molecule has 0 radical (unpaired) electrons. The van der Waals surface area contributed by atoms with Crippen molar-refractivity contribution in [2.45, 2.75) is 39.2 Å². The van der Waals surface area contributed by atoms with E-state index < -0.39 is 5.60 Å². The molecule has 1 atom stereocenters. The van der Waals surface area contributed by atoms with Crippen molar-refractivity contribution in [1.29, 1.82) is 0 Å². The first kappa shape index (κ1) is 15.9. The average molecular weight is 285 g/mol. The molecule has 4 nitrogen and oxygen atoms in total. The molecule has 0 aliphatic heterocycles. The van der Waals surface area contributed by atoms with Crippen LogP contribution in [0.1, 0.15) is 44.0 Å². The lowest BCUT2D eigenvalue weighted by molar-refractivity contribution is 0.0429. The molecule has 0 bridgehead atoms. The normalized spacial score (nSPS) is 14.2. The molecule has 1 aromatic rings. The van der Waals surface area contributed by atoms with Crippen molar-refractivity contribution in [2.75, 3.05) is 6.54 Å². The molecule has 0 aliphatic rings. The minimum Gasteiger partial charge on any atom is -0.388 e. The average Bonchev–Trinajstić information content (AvgIpc) is 2.34. The lowest BCUT2D eigenvalue weighted by Crippen LogP contribution is -2.40. The third kappa shape index (κ3) is 5.57. The standard InChI is InChI=1S/C14H21ClN2O2/c1-10(2)4-6-14(3,19)9-17-13(18)11-5-7-16-8-12(11)15/h5,7-8,10,19H,4,6,9H2,1-3H3,(H,17,18). The largest absolute Gasteiger partial charge is 0.388 e. The van der Waals surface area contributed by atoms with Gasteiger partial charge in [0.05, 0.1) is 16.2 Å². The molecule has 0 aromatic carbocycles. The van der Waals surface area contributed by atoms with Crippen LogP contribution in [0.15, 0.2) is 18.5 Å². The topological polar surface area (TPSA) is 62.2 Å². The highest BCUT2D eigenvalue weighted by Crippen LogP contribution is 2.17. The molecule has 1 unspecified atom stereocenters. The van der Waals surface area contributed by atoms with Crippen molar-refractivity contribution >= 4 is 17.5 Å². The van der Waals surface area contributed by atoms with Crippen molar-refractivity contribution in [1.82, 2.24) is 10.3 Å². The molecule has 0 aliphatic carbocycles. The lowest BCUT2D eigenvalue weighted by atomic mass is 9.95. The summed E-state index contributed by atoms with van der Waals surface area (Å²) in [6.07, 6.45) is 4.50. The van der Waals surface area contributed by atoms with Gasteiger partial charge in [-0.25, -0.2) is 0 Å². The van der Waals surface area contributed by atoms with Gasteiger partial charge in [0.25, 0.3) is 5.91 Å². The molecule has 2 N–H and O–H groups in total. The number of aromatic nitrogens is 1. The highest BCUT2D eigenvalue weighted by molar-refractivity contribution is 6.33. The summed E-state index contributed by atoms with van der Waals surface area (Å²) >= 11 is 5.89. The van der Waals surface area contributed by atoms with Crippen LogP contribution in [-0.4, -0.2) is 28.1 Å². The second kappa shape index (κ2) is 6.87. The molecule has 5 heteroatoms. The van der Waals surface area contributed by atoms with Crippen LogP contribution >= 0.6 is 11.6 Å². The molecule has 1 heterocycles. The molecule has 1 rings (SSSR count). The van der Waals surface area contributed by atoms with Crippen LogP contribution in [0.5, 0.6) is 0 Å². The van der Waals surface area contributed by atoms with Gasteiger partial charge in [-0.15, -0.1) is 0 Å². The molecule has 19 heavy (non-hydrogen) atoms. The fourth-order valence-corrected chi connectivity index (χ4v) is 1.82. The van der Waals surface area contributed by atoms with E-state index in [-0.39, 0.29) is 12.5 Å². The molecule has 0 spiro atoms. The number of amides is 1. The van der Waals surface area contributed by atoms with Crippen LogP contribution in [0.25, 0.3) is 0 Å². The van der Waals surface area contributed by atoms with E-state index >= 15 is 0 Å². The van der Waals surface area contributed by atoms with Crippen molar-refractivity contribution < 1.29 is 9.90 Å². The van der Waals surface area contributed by atoms with Crippen LogP contribution in [0.2, 0.25) is 5.02 Å². The van der Waals surface area contributed by atoms with E-state index in [2.05, 4.69) is 24.1 Å². The van der Waals surface area contributed by atoms with Gasteiger partial charge in [0.2, 0.25) is 0 Å². The molecule has 0 saturated carbocycles. The van der Waals surface area contributed by atoms with Gasteiger partial charge in [-0.3, -0.25) is 9.78 Å². The Bertz CT molecular complexity index is 433. The summed E-state index contributed by atoms with van der Waals surface area (Å²) in [5, 5.41) is 13.2. The SMILES string of the molecule is CC(C)CCC(C)(O)CNC(=O)c1ccncc1Cl. The van der Waals surface area contributed by atoms with Gasteiger partial charge in [-0.05, 0) is 31.7 Å². The third-order valence-electron chi connectivity index (χ3n) is 2.91. The quantitative estimate of drug-likeness (QED) is 0.844. The summed E-state index contributed by atoms with van der Waals surface area (Å²) in [5.74, 6) is 0.231. The predicted molar refractivity (Wildman–Crippen MR) is 76.3 cm³/mol. The van der Waals surface area contributed by atoms with Crippen LogP contribution < -0.4 is 5.32 Å². The van der Waals surface area contributed by atoms with Gasteiger partial charge in [-0.1, -0.05) is 25.4 Å². The molecule has 0 fully saturated rings. The summed E-state index contributed by atoms with van der Waals surface area (Å²) in [6.45, 7) is 6.14. The number of halogens is 1. The molecule has 0 saturated heterocycles. The maximum absolute atomic E-state index is 11.9. The first-order valence-electron chi connectivity index (χ1n) is 6.42. The second-order valence-corrected chi connectivity index (χ2v) is 5.87. The highest BCUT2D eigenvalue weighted by atomic mass is 35.5. The number of carbonyl (C=O) groups is 1. The van der Waals surface area contributed by atoms with Gasteiger partial charge in [-0.2, -0.15) is 0 Å². The Morgan fingerprint density at radius 1 is 1.58 bits per heavy atom. The second-order valence-electron chi connectivity index (χ2n) is 5.47. The monoisotopic (exact) mass is 284 g/mol. The lowest BCUT2D eigenvalue weighted by Gasteiger charge is -2.24. The van der Waals surface area contributed by atoms with Crippen molar-refractivity contribution in [3.8, 4) is 0 Å². The number of pyridine rings is 1. The maximum Gasteiger partial charge on any atom is 0.253 e. The maximum atomic E-state index is 11.9. The molecule has 1 aromatic heterocycles. The van der Waals surface area contributed by atoms with Crippen molar-refractivity contribution in [3.05, 3.63) is 29.0 Å². The van der Waals surface area contributed by atoms with Crippen LogP contribution in [0.3, 0.4) is 0 Å². The Hall–Kier alpha value is -1.13. The fourth-order valence-electron chi connectivity index (χ4n) is 1.61. The fraction of sp³-hybridized carbons (Fsp3) is 0.571. The van der Waals surface area contributed by atoms with Crippen LogP contribution in [-0.2, 0) is 0 Å². The van der Waals surface area contributed by atoms with Gasteiger partial charge in [0.1, 0.15) is 0 Å². The predicted octanol–water partition coefficient (Wildman–Crippen LogP) is 2.65. The zero-order chi connectivity index (χ0) is 14.5. The smallest absolute Gasteiger partial charge is 0.253 e. The summed E-state index contributed by atoms with van der Waals surface area (Å²) < 4.78 is 0. The van der Waals surface area contributed by atoms with Crippen molar-refractivity contribution in [3.63, 3.8) is 0 Å². The summed E-state index contributed by atoms with van der Waals surface area (Å²) in [5.41, 5.74) is -0.532. The van der Waals surface area contributed by atoms with E-state index in [1.165, 1.54) is 12.4 Å². The van der Waals surface area contributed by atoms with Gasteiger partial charge in [0.15, 0.2) is 0 Å². The summed E-state index contributed by atoms with van der Waals surface area (Å²) in [4.78, 5) is 15.7. The Labute approximate surface area is 119 Å². The number of carbonyl (C=O) groups excluding carboxylic acids is 1. The Morgan fingerprint density at radius 3 is 2.84 bits per heavy atom. The third-order valence-corrected chi connectivity index (χ3v) is 3.21. The zero-order valence-electron chi connectivity index (χ0n) is 11.6. The van der Waals surface area contributed by atoms with E-state index in [1.807, 2.05) is 0 Å². The van der Waals surface area contributed by atoms with E-state index in [4.69, 9.17) is 11.6 Å². The minimum absolute atomic E-state index is 0.206. The minimum atomic E-state index is -0.903. The zero-order valence-corrected chi connectivity index (χ0v) is 12.4. The first-order valence-corrected chi connectivity index (χ1v) is 6.80. The number of rotatable bonds is 6. The molecular formula is C14H21ClN2O2.